The molecule has 0 amide bonds. The van der Waals surface area contributed by atoms with E-state index in [4.69, 9.17) is 14.5 Å². The minimum absolute atomic E-state index is 0.204. The average Bonchev–Trinajstić information content (AvgIpc) is 2.53. The summed E-state index contributed by atoms with van der Waals surface area (Å²) in [6.07, 6.45) is 4.64. The first-order valence-electron chi connectivity index (χ1n) is 7.64. The molecule has 0 radical (unpaired) electrons. The van der Waals surface area contributed by atoms with Crippen LogP contribution in [0.3, 0.4) is 0 Å². The summed E-state index contributed by atoms with van der Waals surface area (Å²) in [5.41, 5.74) is -0.976. The van der Waals surface area contributed by atoms with E-state index in [0.29, 0.717) is 18.2 Å². The van der Waals surface area contributed by atoms with Crippen LogP contribution in [0.15, 0.2) is 35.3 Å². The molecule has 22 heavy (non-hydrogen) atoms. The fraction of sp³-hybridized carbons (Fsp3) is 0.647. The van der Waals surface area contributed by atoms with Gasteiger partial charge in [0.1, 0.15) is 12.1 Å². The fourth-order valence-corrected chi connectivity index (χ4v) is 2.65. The van der Waals surface area contributed by atoms with Crippen LogP contribution in [0.4, 0.5) is 0 Å². The van der Waals surface area contributed by atoms with Crippen molar-refractivity contribution in [1.82, 2.24) is 0 Å². The van der Waals surface area contributed by atoms with Crippen LogP contribution in [0.5, 0.6) is 0 Å². The second kappa shape index (κ2) is 8.13. The molecule has 0 unspecified atom stereocenters. The van der Waals surface area contributed by atoms with Gasteiger partial charge in [-0.25, -0.2) is 9.98 Å². The fourth-order valence-electron chi connectivity index (χ4n) is 2.65. The number of hydrogen-bond acceptors (Lipinski definition) is 5. The largest absolute Gasteiger partial charge is 0.483 e. The summed E-state index contributed by atoms with van der Waals surface area (Å²) >= 11 is 0. The van der Waals surface area contributed by atoms with E-state index < -0.39 is 11.6 Å². The van der Waals surface area contributed by atoms with E-state index >= 15 is 0 Å². The number of rotatable bonds is 7. The summed E-state index contributed by atoms with van der Waals surface area (Å²) in [4.78, 5) is 9.37. The molecule has 1 N–H and O–H groups in total. The third-order valence-electron chi connectivity index (χ3n) is 3.90. The summed E-state index contributed by atoms with van der Waals surface area (Å²) < 4.78 is 10.9. The van der Waals surface area contributed by atoms with Gasteiger partial charge in [-0.1, -0.05) is 26.0 Å². The Morgan fingerprint density at radius 2 is 2.00 bits per heavy atom. The Kier molecular flexibility index (Phi) is 6.81. The highest BCUT2D eigenvalue weighted by Crippen LogP contribution is 2.33. The average molecular weight is 308 g/mol. The Morgan fingerprint density at radius 1 is 1.32 bits per heavy atom. The topological polar surface area (TPSA) is 63.4 Å². The van der Waals surface area contributed by atoms with Gasteiger partial charge in [0.05, 0.1) is 14.2 Å². The minimum Gasteiger partial charge on any atom is -0.483 e. The molecule has 1 rings (SSSR count). The lowest BCUT2D eigenvalue weighted by Crippen LogP contribution is -2.53. The molecular weight excluding hydrogens is 280 g/mol. The van der Waals surface area contributed by atoms with Crippen molar-refractivity contribution in [1.29, 1.82) is 0 Å². The van der Waals surface area contributed by atoms with Crippen LogP contribution in [0.1, 0.15) is 33.1 Å². The van der Waals surface area contributed by atoms with E-state index in [1.165, 1.54) is 6.08 Å². The van der Waals surface area contributed by atoms with Crippen LogP contribution < -0.4 is 0 Å². The van der Waals surface area contributed by atoms with Crippen molar-refractivity contribution < 1.29 is 14.6 Å². The van der Waals surface area contributed by atoms with Crippen molar-refractivity contribution in [2.75, 3.05) is 14.2 Å². The highest BCUT2D eigenvalue weighted by Gasteiger charge is 2.47. The van der Waals surface area contributed by atoms with Crippen LogP contribution in [0.2, 0.25) is 0 Å². The van der Waals surface area contributed by atoms with Crippen LogP contribution in [-0.4, -0.2) is 48.8 Å². The number of ether oxygens (including phenoxy) is 2. The molecule has 0 spiro atoms. The van der Waals surface area contributed by atoms with E-state index in [1.807, 2.05) is 19.9 Å². The van der Waals surface area contributed by atoms with Crippen molar-refractivity contribution in [2.45, 2.75) is 50.8 Å². The monoisotopic (exact) mass is 308 g/mol. The first kappa shape index (κ1) is 18.4. The zero-order valence-corrected chi connectivity index (χ0v) is 14.1. The zero-order chi connectivity index (χ0) is 16.8. The molecule has 1 aliphatic heterocycles. The number of hydrogen-bond donors (Lipinski definition) is 1. The standard InChI is InChI=1S/C17H28N2O3/c1-7-9-10-11-17(13(20)8-2)16(22-6)18-14(12(3)4)15(19-17)21-5/h7-8,12-14,20H,1-2,9-11H2,3-6H3/t13-,14-,17+/m1/s1. The third-order valence-corrected chi connectivity index (χ3v) is 3.90. The maximum atomic E-state index is 10.5. The second-order valence-electron chi connectivity index (χ2n) is 5.77. The molecule has 0 bridgehead atoms. The minimum atomic E-state index is -0.976. The number of nitrogens with zero attached hydrogens (tertiary/aromatic N) is 2. The van der Waals surface area contributed by atoms with Gasteiger partial charge in [0.2, 0.25) is 11.8 Å². The highest BCUT2D eigenvalue weighted by molar-refractivity contribution is 5.97. The molecule has 0 fully saturated rings. The molecule has 0 aromatic carbocycles. The van der Waals surface area contributed by atoms with Gasteiger partial charge in [-0.15, -0.1) is 13.2 Å². The molecule has 5 nitrogen and oxygen atoms in total. The predicted molar refractivity (Wildman–Crippen MR) is 90.5 cm³/mol. The Labute approximate surface area is 133 Å². The van der Waals surface area contributed by atoms with E-state index in [9.17, 15) is 5.11 Å². The number of aliphatic hydroxyl groups excluding tert-OH is 1. The van der Waals surface area contributed by atoms with Gasteiger partial charge in [0.25, 0.3) is 0 Å². The number of aliphatic imine (C=N–C) groups is 2. The SMILES string of the molecule is C=CCCC[C@@]1([C@H](O)C=C)N=C(OC)[C@@H](C(C)C)N=C1OC. The Bertz CT molecular complexity index is 457. The van der Waals surface area contributed by atoms with Crippen molar-refractivity contribution in [3.05, 3.63) is 25.3 Å². The Hall–Kier alpha value is -1.62. The number of methoxy groups -OCH3 is 2. The van der Waals surface area contributed by atoms with E-state index in [2.05, 4.69) is 18.2 Å². The van der Waals surface area contributed by atoms with Crippen LogP contribution in [0.25, 0.3) is 0 Å². The number of allylic oxidation sites excluding steroid dienone is 1. The maximum Gasteiger partial charge on any atom is 0.215 e. The van der Waals surface area contributed by atoms with Crippen molar-refractivity contribution in [2.24, 2.45) is 15.9 Å². The molecular formula is C17H28N2O3. The zero-order valence-electron chi connectivity index (χ0n) is 14.1. The molecule has 0 aromatic rings. The molecule has 5 heteroatoms. The first-order chi connectivity index (χ1) is 10.5. The lowest BCUT2D eigenvalue weighted by molar-refractivity contribution is 0.135. The van der Waals surface area contributed by atoms with Crippen LogP contribution in [0, 0.1) is 5.92 Å². The van der Waals surface area contributed by atoms with Gasteiger partial charge < -0.3 is 14.6 Å². The van der Waals surface area contributed by atoms with Crippen LogP contribution >= 0.6 is 0 Å². The van der Waals surface area contributed by atoms with Gasteiger partial charge in [0, 0.05) is 0 Å². The van der Waals surface area contributed by atoms with E-state index in [0.717, 1.165) is 12.8 Å². The van der Waals surface area contributed by atoms with Crippen LogP contribution in [-0.2, 0) is 9.47 Å². The third kappa shape index (κ3) is 3.58. The van der Waals surface area contributed by atoms with E-state index in [1.54, 1.807) is 14.2 Å². The van der Waals surface area contributed by atoms with Gasteiger partial charge in [-0.05, 0) is 25.2 Å². The van der Waals surface area contributed by atoms with Crippen molar-refractivity contribution >= 4 is 11.8 Å². The molecule has 0 aromatic heterocycles. The summed E-state index contributed by atoms with van der Waals surface area (Å²) in [7, 11) is 3.14. The van der Waals surface area contributed by atoms with Gasteiger partial charge in [-0.2, -0.15) is 0 Å². The van der Waals surface area contributed by atoms with Crippen molar-refractivity contribution in [3.63, 3.8) is 0 Å². The summed E-state index contributed by atoms with van der Waals surface area (Å²) in [5.74, 6) is 1.18. The molecule has 1 heterocycles. The normalized spacial score (nSPS) is 26.0. The summed E-state index contributed by atoms with van der Waals surface area (Å²) in [6.45, 7) is 11.5. The molecule has 1 aliphatic rings. The molecule has 124 valence electrons. The lowest BCUT2D eigenvalue weighted by atomic mass is 9.84. The van der Waals surface area contributed by atoms with Crippen molar-refractivity contribution in [3.8, 4) is 0 Å². The van der Waals surface area contributed by atoms with Gasteiger partial charge in [-0.3, -0.25) is 0 Å². The molecule has 0 aliphatic carbocycles. The van der Waals surface area contributed by atoms with E-state index in [-0.39, 0.29) is 12.0 Å². The van der Waals surface area contributed by atoms with Gasteiger partial charge in [0.15, 0.2) is 5.54 Å². The highest BCUT2D eigenvalue weighted by atomic mass is 16.5. The predicted octanol–water partition coefficient (Wildman–Crippen LogP) is 2.76. The smallest absolute Gasteiger partial charge is 0.215 e. The Morgan fingerprint density at radius 3 is 2.45 bits per heavy atom. The quantitative estimate of drug-likeness (QED) is 0.581. The second-order valence-corrected chi connectivity index (χ2v) is 5.77. The summed E-state index contributed by atoms with van der Waals surface area (Å²) in [6, 6.07) is -0.204. The lowest BCUT2D eigenvalue weighted by Gasteiger charge is -2.38. The first-order valence-corrected chi connectivity index (χ1v) is 7.64. The number of aliphatic hydroxyl groups is 1. The van der Waals surface area contributed by atoms with Gasteiger partial charge >= 0.3 is 0 Å². The summed E-state index contributed by atoms with van der Waals surface area (Å²) in [5, 5.41) is 10.5. The molecule has 3 atom stereocenters. The molecule has 0 saturated carbocycles. The molecule has 0 saturated heterocycles. The number of unbranched alkanes of at least 4 members (excludes halogenated alkanes) is 1. The maximum absolute atomic E-state index is 10.5. The Balaban J connectivity index is 3.31.